The van der Waals surface area contributed by atoms with E-state index < -0.39 is 12.8 Å². The van der Waals surface area contributed by atoms with E-state index in [0.29, 0.717) is 0 Å². The summed E-state index contributed by atoms with van der Waals surface area (Å²) in [5.74, 6) is 0.982. The molecular formula is C9H10F3NOS. The van der Waals surface area contributed by atoms with E-state index in [9.17, 15) is 13.2 Å². The van der Waals surface area contributed by atoms with Crippen molar-refractivity contribution in [2.24, 2.45) is 0 Å². The summed E-state index contributed by atoms with van der Waals surface area (Å²) in [5.41, 5.74) is 0. The van der Waals surface area contributed by atoms with E-state index in [1.54, 1.807) is 12.3 Å². The highest BCUT2D eigenvalue weighted by Gasteiger charge is 2.28. The van der Waals surface area contributed by atoms with Crippen LogP contribution in [0.2, 0.25) is 0 Å². The Labute approximate surface area is 89.8 Å². The quantitative estimate of drug-likeness (QED) is 0.751. The van der Waals surface area contributed by atoms with Gasteiger partial charge in [-0.2, -0.15) is 13.2 Å². The predicted molar refractivity (Wildman–Crippen MR) is 52.2 cm³/mol. The van der Waals surface area contributed by atoms with Crippen molar-refractivity contribution in [3.05, 3.63) is 18.5 Å². The van der Waals surface area contributed by atoms with E-state index in [-0.39, 0.29) is 5.75 Å². The van der Waals surface area contributed by atoms with Crippen LogP contribution in [0.3, 0.4) is 0 Å². The Bertz CT molecular complexity index is 316. The largest absolute Gasteiger partial charge is 0.482 e. The molecule has 0 saturated heterocycles. The minimum atomic E-state index is -4.31. The lowest BCUT2D eigenvalue weighted by molar-refractivity contribution is -0.153. The van der Waals surface area contributed by atoms with Crippen molar-refractivity contribution in [1.82, 2.24) is 4.98 Å². The summed E-state index contributed by atoms with van der Waals surface area (Å²) in [7, 11) is 0. The Hall–Kier alpha value is -0.910. The third kappa shape index (κ3) is 4.92. The standard InChI is InChI=1S/C9H10F3NOS/c1-2-15-8-3-7(4-13-5-8)14-6-9(10,11)12/h3-5H,2,6H2,1H3. The zero-order chi connectivity index (χ0) is 11.3. The lowest BCUT2D eigenvalue weighted by Gasteiger charge is -2.09. The Morgan fingerprint density at radius 1 is 1.40 bits per heavy atom. The van der Waals surface area contributed by atoms with Gasteiger partial charge in [-0.15, -0.1) is 11.8 Å². The van der Waals surface area contributed by atoms with Gasteiger partial charge in [-0.3, -0.25) is 4.98 Å². The number of thioether (sulfide) groups is 1. The Morgan fingerprint density at radius 2 is 2.13 bits per heavy atom. The van der Waals surface area contributed by atoms with Gasteiger partial charge in [0.15, 0.2) is 6.61 Å². The molecule has 0 bridgehead atoms. The Morgan fingerprint density at radius 3 is 2.73 bits per heavy atom. The summed E-state index contributed by atoms with van der Waals surface area (Å²) >= 11 is 1.50. The molecule has 84 valence electrons. The topological polar surface area (TPSA) is 22.1 Å². The highest BCUT2D eigenvalue weighted by molar-refractivity contribution is 7.99. The van der Waals surface area contributed by atoms with Gasteiger partial charge in [0.05, 0.1) is 6.20 Å². The number of ether oxygens (including phenoxy) is 1. The molecule has 1 aromatic rings. The monoisotopic (exact) mass is 237 g/mol. The highest BCUT2D eigenvalue weighted by atomic mass is 32.2. The molecule has 15 heavy (non-hydrogen) atoms. The van der Waals surface area contributed by atoms with Crippen LogP contribution in [0.4, 0.5) is 13.2 Å². The first-order chi connectivity index (χ1) is 7.01. The fraction of sp³-hybridized carbons (Fsp3) is 0.444. The smallest absolute Gasteiger partial charge is 0.422 e. The van der Waals surface area contributed by atoms with Crippen LogP contribution in [-0.2, 0) is 0 Å². The van der Waals surface area contributed by atoms with Crippen molar-refractivity contribution in [1.29, 1.82) is 0 Å². The number of hydrogen-bond acceptors (Lipinski definition) is 3. The van der Waals surface area contributed by atoms with Crippen molar-refractivity contribution >= 4 is 11.8 Å². The van der Waals surface area contributed by atoms with Gasteiger partial charge in [-0.05, 0) is 11.8 Å². The van der Waals surface area contributed by atoms with Crippen molar-refractivity contribution < 1.29 is 17.9 Å². The van der Waals surface area contributed by atoms with Crippen LogP contribution in [0.1, 0.15) is 6.92 Å². The van der Waals surface area contributed by atoms with Gasteiger partial charge in [-0.1, -0.05) is 6.92 Å². The fourth-order valence-electron chi connectivity index (χ4n) is 0.889. The van der Waals surface area contributed by atoms with E-state index in [1.165, 1.54) is 18.0 Å². The van der Waals surface area contributed by atoms with E-state index in [1.807, 2.05) is 6.92 Å². The summed E-state index contributed by atoms with van der Waals surface area (Å²) in [4.78, 5) is 4.59. The number of rotatable bonds is 4. The molecule has 2 nitrogen and oxygen atoms in total. The molecule has 0 aliphatic carbocycles. The molecule has 0 N–H and O–H groups in total. The predicted octanol–water partition coefficient (Wildman–Crippen LogP) is 3.13. The number of halogens is 3. The second-order valence-electron chi connectivity index (χ2n) is 2.69. The van der Waals surface area contributed by atoms with Gasteiger partial charge in [0.2, 0.25) is 0 Å². The van der Waals surface area contributed by atoms with Crippen LogP contribution < -0.4 is 4.74 Å². The summed E-state index contributed by atoms with van der Waals surface area (Å²) in [5, 5.41) is 0. The average molecular weight is 237 g/mol. The molecule has 0 amide bonds. The van der Waals surface area contributed by atoms with Gasteiger partial charge in [-0.25, -0.2) is 0 Å². The molecule has 0 atom stereocenters. The summed E-state index contributed by atoms with van der Waals surface area (Å²) in [6.45, 7) is 0.669. The number of aromatic nitrogens is 1. The van der Waals surface area contributed by atoms with Gasteiger partial charge in [0.1, 0.15) is 5.75 Å². The van der Waals surface area contributed by atoms with Crippen LogP contribution in [0.15, 0.2) is 23.4 Å². The molecule has 0 saturated carbocycles. The van der Waals surface area contributed by atoms with Gasteiger partial charge < -0.3 is 4.74 Å². The molecule has 1 rings (SSSR count). The lowest BCUT2D eigenvalue weighted by atomic mass is 10.4. The van der Waals surface area contributed by atoms with Crippen molar-refractivity contribution in [2.45, 2.75) is 18.0 Å². The molecule has 0 spiro atoms. The molecule has 1 aromatic heterocycles. The summed E-state index contributed by atoms with van der Waals surface area (Å²) in [6.07, 6.45) is -1.45. The molecule has 0 aromatic carbocycles. The van der Waals surface area contributed by atoms with E-state index in [0.717, 1.165) is 10.6 Å². The zero-order valence-electron chi connectivity index (χ0n) is 8.04. The highest BCUT2D eigenvalue weighted by Crippen LogP contribution is 2.23. The van der Waals surface area contributed by atoms with Crippen LogP contribution in [-0.4, -0.2) is 23.5 Å². The maximum Gasteiger partial charge on any atom is 0.422 e. The van der Waals surface area contributed by atoms with Crippen LogP contribution in [0, 0.1) is 0 Å². The molecule has 0 aliphatic heterocycles. The molecule has 0 unspecified atom stereocenters. The zero-order valence-corrected chi connectivity index (χ0v) is 8.86. The maximum atomic E-state index is 11.8. The Balaban J connectivity index is 2.57. The number of hydrogen-bond donors (Lipinski definition) is 0. The first-order valence-corrected chi connectivity index (χ1v) is 5.27. The number of alkyl halides is 3. The molecule has 6 heteroatoms. The van der Waals surface area contributed by atoms with Gasteiger partial charge >= 0.3 is 6.18 Å². The van der Waals surface area contributed by atoms with Gasteiger partial charge in [0, 0.05) is 11.1 Å². The van der Waals surface area contributed by atoms with Crippen LogP contribution in [0.25, 0.3) is 0 Å². The first-order valence-electron chi connectivity index (χ1n) is 4.28. The minimum absolute atomic E-state index is 0.144. The van der Waals surface area contributed by atoms with E-state index >= 15 is 0 Å². The SMILES string of the molecule is CCSc1cncc(OCC(F)(F)F)c1. The third-order valence-electron chi connectivity index (χ3n) is 1.40. The van der Waals surface area contributed by atoms with Gasteiger partial charge in [0.25, 0.3) is 0 Å². The molecular weight excluding hydrogens is 227 g/mol. The van der Waals surface area contributed by atoms with E-state index in [4.69, 9.17) is 0 Å². The van der Waals surface area contributed by atoms with Crippen molar-refractivity contribution in [3.8, 4) is 5.75 Å². The number of nitrogens with zero attached hydrogens (tertiary/aromatic N) is 1. The fourth-order valence-corrected chi connectivity index (χ4v) is 1.56. The number of pyridine rings is 1. The van der Waals surface area contributed by atoms with Crippen molar-refractivity contribution in [2.75, 3.05) is 12.4 Å². The van der Waals surface area contributed by atoms with E-state index in [2.05, 4.69) is 9.72 Å². The molecule has 0 fully saturated rings. The molecule has 0 aliphatic rings. The maximum absolute atomic E-state index is 11.8. The Kier molecular flexibility index (Phi) is 4.26. The average Bonchev–Trinajstić information content (AvgIpc) is 2.15. The van der Waals surface area contributed by atoms with Crippen LogP contribution in [0.5, 0.6) is 5.75 Å². The first kappa shape index (κ1) is 12.2. The van der Waals surface area contributed by atoms with Crippen molar-refractivity contribution in [3.63, 3.8) is 0 Å². The minimum Gasteiger partial charge on any atom is -0.482 e. The van der Waals surface area contributed by atoms with Crippen LogP contribution >= 0.6 is 11.8 Å². The normalized spacial score (nSPS) is 11.5. The third-order valence-corrected chi connectivity index (χ3v) is 2.25. The second-order valence-corrected chi connectivity index (χ2v) is 4.03. The molecule has 1 heterocycles. The summed E-state index contributed by atoms with van der Waals surface area (Å²) in [6, 6.07) is 1.55. The molecule has 0 radical (unpaired) electrons. The summed E-state index contributed by atoms with van der Waals surface area (Å²) < 4.78 is 40.1. The lowest BCUT2D eigenvalue weighted by Crippen LogP contribution is -2.19. The second kappa shape index (κ2) is 5.25.